The number of benzene rings is 2. The molecule has 26 heavy (non-hydrogen) atoms. The van der Waals surface area contributed by atoms with Gasteiger partial charge in [0.15, 0.2) is 9.84 Å². The molecule has 0 N–H and O–H groups in total. The van der Waals surface area contributed by atoms with Gasteiger partial charge in [-0.2, -0.15) is 0 Å². The van der Waals surface area contributed by atoms with Crippen LogP contribution >= 0.6 is 23.2 Å². The molecule has 0 saturated carbocycles. The predicted octanol–water partition coefficient (Wildman–Crippen LogP) is 4.34. The molecule has 0 aromatic heterocycles. The van der Waals surface area contributed by atoms with Crippen molar-refractivity contribution in [1.29, 1.82) is 0 Å². The topological polar surface area (TPSA) is 80.5 Å². The predicted molar refractivity (Wildman–Crippen MR) is 102 cm³/mol. The number of piperidine rings is 1. The first-order valence-corrected chi connectivity index (χ1v) is 10.3. The first kappa shape index (κ1) is 18.9. The molecule has 1 fully saturated rings. The van der Waals surface area contributed by atoms with Gasteiger partial charge in [0.25, 0.3) is 5.69 Å². The second-order valence-corrected chi connectivity index (χ2v) is 9.21. The van der Waals surface area contributed by atoms with Crippen molar-refractivity contribution >= 4 is 44.4 Å². The Morgan fingerprint density at radius 2 is 1.54 bits per heavy atom. The molecule has 9 heteroatoms. The van der Waals surface area contributed by atoms with Crippen molar-refractivity contribution in [2.75, 3.05) is 18.0 Å². The van der Waals surface area contributed by atoms with Gasteiger partial charge in [0, 0.05) is 41.0 Å². The third kappa shape index (κ3) is 3.95. The molecule has 0 amide bonds. The van der Waals surface area contributed by atoms with Crippen LogP contribution < -0.4 is 4.90 Å². The van der Waals surface area contributed by atoms with E-state index in [9.17, 15) is 18.5 Å². The van der Waals surface area contributed by atoms with Gasteiger partial charge in [-0.05, 0) is 43.2 Å². The monoisotopic (exact) mass is 414 g/mol. The molecule has 1 aliphatic rings. The maximum atomic E-state index is 12.8. The summed E-state index contributed by atoms with van der Waals surface area (Å²) in [6.45, 7) is 1.13. The lowest BCUT2D eigenvalue weighted by Gasteiger charge is -2.33. The van der Waals surface area contributed by atoms with Crippen LogP contribution in [0.15, 0.2) is 47.4 Å². The van der Waals surface area contributed by atoms with Crippen LogP contribution in [-0.4, -0.2) is 31.7 Å². The zero-order valence-corrected chi connectivity index (χ0v) is 16.0. The summed E-state index contributed by atoms with van der Waals surface area (Å²) in [6.07, 6.45) is 0.924. The van der Waals surface area contributed by atoms with E-state index in [4.69, 9.17) is 23.2 Å². The molecule has 0 bridgehead atoms. The van der Waals surface area contributed by atoms with Gasteiger partial charge in [-0.25, -0.2) is 8.42 Å². The zero-order chi connectivity index (χ0) is 18.9. The van der Waals surface area contributed by atoms with Crippen molar-refractivity contribution in [3.8, 4) is 0 Å². The van der Waals surface area contributed by atoms with E-state index in [-0.39, 0.29) is 10.6 Å². The van der Waals surface area contributed by atoms with Gasteiger partial charge in [0.1, 0.15) is 0 Å². The average Bonchev–Trinajstić information content (AvgIpc) is 2.61. The molecule has 0 spiro atoms. The smallest absolute Gasteiger partial charge is 0.269 e. The summed E-state index contributed by atoms with van der Waals surface area (Å²) in [6, 6.07) is 10.3. The molecule has 138 valence electrons. The summed E-state index contributed by atoms with van der Waals surface area (Å²) in [5.41, 5.74) is 0.741. The fourth-order valence-corrected chi connectivity index (χ4v) is 5.34. The summed E-state index contributed by atoms with van der Waals surface area (Å²) in [5.74, 6) is 0. The lowest BCUT2D eigenvalue weighted by molar-refractivity contribution is -0.384. The summed E-state index contributed by atoms with van der Waals surface area (Å²) in [4.78, 5) is 12.3. The van der Waals surface area contributed by atoms with E-state index in [2.05, 4.69) is 4.90 Å². The largest absolute Gasteiger partial charge is 0.371 e. The molecule has 0 unspecified atom stereocenters. The van der Waals surface area contributed by atoms with Crippen molar-refractivity contribution in [3.63, 3.8) is 0 Å². The number of nitrogens with zero attached hydrogens (tertiary/aromatic N) is 2. The Morgan fingerprint density at radius 1 is 1.00 bits per heavy atom. The van der Waals surface area contributed by atoms with E-state index in [1.54, 1.807) is 18.2 Å². The molecule has 3 rings (SSSR count). The third-order valence-corrected chi connectivity index (χ3v) is 7.18. The minimum atomic E-state index is -3.53. The van der Waals surface area contributed by atoms with Crippen molar-refractivity contribution in [1.82, 2.24) is 0 Å². The highest BCUT2D eigenvalue weighted by Crippen LogP contribution is 2.31. The lowest BCUT2D eigenvalue weighted by Crippen LogP contribution is -2.39. The van der Waals surface area contributed by atoms with Gasteiger partial charge in [0.05, 0.1) is 15.1 Å². The van der Waals surface area contributed by atoms with Gasteiger partial charge in [-0.15, -0.1) is 0 Å². The van der Waals surface area contributed by atoms with Crippen molar-refractivity contribution < 1.29 is 13.3 Å². The van der Waals surface area contributed by atoms with E-state index in [0.717, 1.165) is 5.69 Å². The number of sulfone groups is 1. The lowest BCUT2D eigenvalue weighted by atomic mass is 10.1. The minimum absolute atomic E-state index is 0.118. The fourth-order valence-electron chi connectivity index (χ4n) is 3.10. The Labute approximate surface area is 161 Å². The van der Waals surface area contributed by atoms with Crippen LogP contribution in [0.5, 0.6) is 0 Å². The Kier molecular flexibility index (Phi) is 5.41. The second-order valence-electron chi connectivity index (χ2n) is 6.11. The second kappa shape index (κ2) is 7.42. The highest BCUT2D eigenvalue weighted by molar-refractivity contribution is 7.92. The number of non-ortho nitro benzene ring substituents is 1. The van der Waals surface area contributed by atoms with Gasteiger partial charge in [-0.1, -0.05) is 23.2 Å². The summed E-state index contributed by atoms with van der Waals surface area (Å²) < 4.78 is 25.6. The number of anilines is 1. The van der Waals surface area contributed by atoms with Crippen molar-refractivity contribution in [2.45, 2.75) is 23.0 Å². The van der Waals surface area contributed by atoms with Crippen LogP contribution in [0, 0.1) is 10.1 Å². The molecule has 1 saturated heterocycles. The summed E-state index contributed by atoms with van der Waals surface area (Å²) in [5, 5.41) is 11.3. The van der Waals surface area contributed by atoms with Crippen LogP contribution in [0.4, 0.5) is 11.4 Å². The van der Waals surface area contributed by atoms with Crippen LogP contribution in [-0.2, 0) is 9.84 Å². The standard InChI is InChI=1S/C17H16Cl2N2O4S/c18-12-9-13(19)11-15(10-12)20-7-5-17(6-8-20)26(24,25)16-3-1-14(2-4-16)21(22)23/h1-4,9-11,17H,5-8H2. The van der Waals surface area contributed by atoms with E-state index in [1.165, 1.54) is 24.3 Å². The number of nitro benzene ring substituents is 1. The van der Waals surface area contributed by atoms with Crippen LogP contribution in [0.1, 0.15) is 12.8 Å². The normalized spacial score (nSPS) is 15.8. The zero-order valence-electron chi connectivity index (χ0n) is 13.6. The average molecular weight is 415 g/mol. The molecule has 1 heterocycles. The molecule has 6 nitrogen and oxygen atoms in total. The number of halogens is 2. The van der Waals surface area contributed by atoms with Gasteiger partial charge < -0.3 is 4.90 Å². The molecular formula is C17H16Cl2N2O4S. The van der Waals surface area contributed by atoms with Crippen LogP contribution in [0.2, 0.25) is 10.0 Å². The molecule has 0 radical (unpaired) electrons. The molecule has 0 aliphatic carbocycles. The van der Waals surface area contributed by atoms with E-state index in [0.29, 0.717) is 36.0 Å². The Bertz CT molecular complexity index is 904. The highest BCUT2D eigenvalue weighted by Gasteiger charge is 2.31. The van der Waals surface area contributed by atoms with E-state index >= 15 is 0 Å². The SMILES string of the molecule is O=[N+]([O-])c1ccc(S(=O)(=O)C2CCN(c3cc(Cl)cc(Cl)c3)CC2)cc1. The first-order chi connectivity index (χ1) is 12.3. The molecule has 2 aromatic carbocycles. The maximum absolute atomic E-state index is 12.8. The molecule has 0 atom stereocenters. The third-order valence-electron chi connectivity index (χ3n) is 4.47. The van der Waals surface area contributed by atoms with Crippen LogP contribution in [0.3, 0.4) is 0 Å². The van der Waals surface area contributed by atoms with Gasteiger partial charge in [0.2, 0.25) is 0 Å². The van der Waals surface area contributed by atoms with Crippen LogP contribution in [0.25, 0.3) is 0 Å². The van der Waals surface area contributed by atoms with Crippen molar-refractivity contribution in [3.05, 3.63) is 62.6 Å². The number of hydrogen-bond donors (Lipinski definition) is 0. The van der Waals surface area contributed by atoms with E-state index in [1.807, 2.05) is 0 Å². The molecule has 1 aliphatic heterocycles. The Morgan fingerprint density at radius 3 is 2.04 bits per heavy atom. The fraction of sp³-hybridized carbons (Fsp3) is 0.294. The molecular weight excluding hydrogens is 399 g/mol. The minimum Gasteiger partial charge on any atom is -0.371 e. The number of hydrogen-bond acceptors (Lipinski definition) is 5. The number of nitro groups is 1. The van der Waals surface area contributed by atoms with Gasteiger partial charge in [-0.3, -0.25) is 10.1 Å². The Hall–Kier alpha value is -1.83. The number of rotatable bonds is 4. The maximum Gasteiger partial charge on any atom is 0.269 e. The van der Waals surface area contributed by atoms with E-state index < -0.39 is 20.0 Å². The molecule has 2 aromatic rings. The Balaban J connectivity index is 1.73. The highest BCUT2D eigenvalue weighted by atomic mass is 35.5. The van der Waals surface area contributed by atoms with Gasteiger partial charge >= 0.3 is 0 Å². The quantitative estimate of drug-likeness (QED) is 0.548. The summed E-state index contributed by atoms with van der Waals surface area (Å²) in [7, 11) is -3.53. The van der Waals surface area contributed by atoms with Crippen molar-refractivity contribution in [2.24, 2.45) is 0 Å². The summed E-state index contributed by atoms with van der Waals surface area (Å²) >= 11 is 12.1. The first-order valence-electron chi connectivity index (χ1n) is 7.97.